The first-order valence-corrected chi connectivity index (χ1v) is 11.5. The van der Waals surface area contributed by atoms with Gasteiger partial charge in [0.2, 0.25) is 0 Å². The summed E-state index contributed by atoms with van der Waals surface area (Å²) in [6.45, 7) is 6.91. The molecular weight excluding hydrogens is 422 g/mol. The van der Waals surface area contributed by atoms with Gasteiger partial charge in [-0.3, -0.25) is 0 Å². The number of hydrogen-bond acceptors (Lipinski definition) is 4. The Morgan fingerprint density at radius 2 is 1.85 bits per heavy atom. The lowest BCUT2D eigenvalue weighted by molar-refractivity contribution is 0.129. The zero-order chi connectivity index (χ0) is 19.4. The van der Waals surface area contributed by atoms with Crippen molar-refractivity contribution in [2.45, 2.75) is 49.4 Å². The second-order valence-corrected chi connectivity index (χ2v) is 9.29. The standard InChI is InChI=1S/C22H27BrNO2S/c1-16(2)22(19-11-5-6-12-20(19)26-15-9-8-14-23)24(25)17(3)18-10-4-7-13-21(18)27-22/h4-7,10-13,16-17H,8-9,14-15H2,1-3H3/q-1. The maximum atomic E-state index is 13.6. The van der Waals surface area contributed by atoms with Gasteiger partial charge in [-0.1, -0.05) is 77.9 Å². The molecule has 2 unspecified atom stereocenters. The topological polar surface area (TPSA) is 35.5 Å². The first-order chi connectivity index (χ1) is 13.0. The summed E-state index contributed by atoms with van der Waals surface area (Å²) in [6.07, 6.45) is 2.06. The Labute approximate surface area is 175 Å². The quantitative estimate of drug-likeness (QED) is 0.347. The van der Waals surface area contributed by atoms with E-state index < -0.39 is 4.87 Å². The Morgan fingerprint density at radius 1 is 1.15 bits per heavy atom. The van der Waals surface area contributed by atoms with Crippen molar-refractivity contribution in [1.82, 2.24) is 5.06 Å². The molecule has 5 heteroatoms. The highest BCUT2D eigenvalue weighted by atomic mass is 79.9. The summed E-state index contributed by atoms with van der Waals surface area (Å²) >= 11 is 5.12. The van der Waals surface area contributed by atoms with E-state index in [2.05, 4.69) is 48.0 Å². The number of thioether (sulfide) groups is 1. The van der Waals surface area contributed by atoms with Crippen LogP contribution >= 0.6 is 27.7 Å². The molecule has 0 fully saturated rings. The van der Waals surface area contributed by atoms with Gasteiger partial charge < -0.3 is 15.0 Å². The van der Waals surface area contributed by atoms with Crippen LogP contribution in [0.15, 0.2) is 53.4 Å². The van der Waals surface area contributed by atoms with E-state index in [1.807, 2.05) is 37.3 Å². The molecule has 2 aromatic carbocycles. The zero-order valence-corrected chi connectivity index (χ0v) is 18.6. The number of hydroxylamine groups is 2. The third kappa shape index (κ3) is 3.93. The van der Waals surface area contributed by atoms with Gasteiger partial charge in [0.25, 0.3) is 0 Å². The van der Waals surface area contributed by atoms with E-state index in [0.717, 1.165) is 35.0 Å². The minimum atomic E-state index is -0.709. The zero-order valence-electron chi connectivity index (χ0n) is 16.2. The number of para-hydroxylation sites is 1. The fourth-order valence-electron chi connectivity index (χ4n) is 3.67. The fraction of sp³-hybridized carbons (Fsp3) is 0.455. The molecule has 0 saturated carbocycles. The van der Waals surface area contributed by atoms with Crippen LogP contribution in [0.2, 0.25) is 0 Å². The molecule has 0 bridgehead atoms. The van der Waals surface area contributed by atoms with Crippen molar-refractivity contribution in [2.24, 2.45) is 5.92 Å². The molecule has 3 rings (SSSR count). The van der Waals surface area contributed by atoms with E-state index >= 15 is 0 Å². The smallest absolute Gasteiger partial charge is 0.125 e. The molecule has 0 aliphatic carbocycles. The summed E-state index contributed by atoms with van der Waals surface area (Å²) in [5, 5.41) is 15.9. The van der Waals surface area contributed by atoms with Crippen LogP contribution < -0.4 is 4.74 Å². The predicted molar refractivity (Wildman–Crippen MR) is 117 cm³/mol. The summed E-state index contributed by atoms with van der Waals surface area (Å²) in [7, 11) is 0. The highest BCUT2D eigenvalue weighted by Gasteiger charge is 2.45. The molecule has 27 heavy (non-hydrogen) atoms. The second kappa shape index (κ2) is 8.99. The van der Waals surface area contributed by atoms with E-state index in [4.69, 9.17) is 4.74 Å². The van der Waals surface area contributed by atoms with Gasteiger partial charge in [0.05, 0.1) is 11.5 Å². The molecule has 2 aromatic rings. The van der Waals surface area contributed by atoms with Crippen molar-refractivity contribution in [3.8, 4) is 5.75 Å². The molecule has 0 aromatic heterocycles. The third-order valence-electron chi connectivity index (χ3n) is 5.15. The van der Waals surface area contributed by atoms with Crippen LogP contribution in [0.25, 0.3) is 0 Å². The third-order valence-corrected chi connectivity index (χ3v) is 7.49. The molecule has 1 aliphatic rings. The van der Waals surface area contributed by atoms with Crippen molar-refractivity contribution in [1.29, 1.82) is 0 Å². The van der Waals surface area contributed by atoms with Gasteiger partial charge in [0.1, 0.15) is 5.75 Å². The predicted octanol–water partition coefficient (Wildman–Crippen LogP) is 6.72. The van der Waals surface area contributed by atoms with Crippen LogP contribution in [-0.4, -0.2) is 17.0 Å². The average molecular weight is 449 g/mol. The van der Waals surface area contributed by atoms with Crippen molar-refractivity contribution < 1.29 is 4.74 Å². The van der Waals surface area contributed by atoms with Crippen molar-refractivity contribution in [3.05, 3.63) is 64.9 Å². The number of hydrogen-bond donors (Lipinski definition) is 0. The maximum Gasteiger partial charge on any atom is 0.125 e. The Morgan fingerprint density at radius 3 is 2.59 bits per heavy atom. The summed E-state index contributed by atoms with van der Waals surface area (Å²) in [4.78, 5) is 0.472. The summed E-state index contributed by atoms with van der Waals surface area (Å²) < 4.78 is 6.14. The van der Waals surface area contributed by atoms with E-state index in [9.17, 15) is 5.21 Å². The fourth-order valence-corrected chi connectivity index (χ4v) is 5.67. The molecule has 0 radical (unpaired) electrons. The van der Waals surface area contributed by atoms with Gasteiger partial charge in [-0.2, -0.15) is 0 Å². The lowest BCUT2D eigenvalue weighted by Gasteiger charge is -2.57. The minimum absolute atomic E-state index is 0.114. The molecule has 1 aliphatic heterocycles. The Balaban J connectivity index is 2.04. The first kappa shape index (κ1) is 20.7. The highest BCUT2D eigenvalue weighted by molar-refractivity contribution is 9.09. The Bertz CT molecular complexity index is 769. The largest absolute Gasteiger partial charge is 0.784 e. The van der Waals surface area contributed by atoms with Crippen molar-refractivity contribution >= 4 is 27.7 Å². The normalized spacial score (nSPS) is 22.7. The summed E-state index contributed by atoms with van der Waals surface area (Å²) in [5.74, 6) is 0.934. The van der Waals surface area contributed by atoms with Crippen LogP contribution in [0.4, 0.5) is 0 Å². The number of unbranched alkanes of at least 4 members (excludes halogenated alkanes) is 1. The van der Waals surface area contributed by atoms with Gasteiger partial charge in [0, 0.05) is 21.8 Å². The van der Waals surface area contributed by atoms with E-state index in [-0.39, 0.29) is 12.0 Å². The van der Waals surface area contributed by atoms with Crippen LogP contribution in [0, 0.1) is 11.1 Å². The number of benzene rings is 2. The van der Waals surface area contributed by atoms with Gasteiger partial charge in [0.15, 0.2) is 0 Å². The molecule has 0 spiro atoms. The molecule has 0 saturated heterocycles. The second-order valence-electron chi connectivity index (χ2n) is 7.23. The Hall–Kier alpha value is -1.01. The van der Waals surface area contributed by atoms with Crippen LogP contribution in [-0.2, 0) is 4.87 Å². The highest BCUT2D eigenvalue weighted by Crippen LogP contribution is 2.58. The number of fused-ring (bicyclic) bond motifs is 1. The molecule has 3 nitrogen and oxygen atoms in total. The number of halogens is 1. The van der Waals surface area contributed by atoms with Crippen LogP contribution in [0.1, 0.15) is 50.8 Å². The summed E-state index contributed by atoms with van der Waals surface area (Å²) in [6, 6.07) is 16.1. The van der Waals surface area contributed by atoms with Crippen LogP contribution in [0.3, 0.4) is 0 Å². The number of rotatable bonds is 7. The van der Waals surface area contributed by atoms with E-state index in [1.54, 1.807) is 11.8 Å². The van der Waals surface area contributed by atoms with Crippen LogP contribution in [0.5, 0.6) is 5.75 Å². The van der Waals surface area contributed by atoms with E-state index in [0.29, 0.717) is 6.61 Å². The minimum Gasteiger partial charge on any atom is -0.784 e. The summed E-state index contributed by atoms with van der Waals surface area (Å²) in [5.41, 5.74) is 2.07. The molecule has 1 heterocycles. The molecule has 0 N–H and O–H groups in total. The van der Waals surface area contributed by atoms with Gasteiger partial charge in [-0.25, -0.2) is 0 Å². The first-order valence-electron chi connectivity index (χ1n) is 9.55. The number of ether oxygens (including phenoxy) is 1. The van der Waals surface area contributed by atoms with E-state index in [1.165, 1.54) is 9.96 Å². The molecular formula is C22H27BrNO2S-. The van der Waals surface area contributed by atoms with Crippen molar-refractivity contribution in [2.75, 3.05) is 11.9 Å². The lowest BCUT2D eigenvalue weighted by Crippen LogP contribution is -2.47. The van der Waals surface area contributed by atoms with Gasteiger partial charge in [-0.15, -0.1) is 0 Å². The SMILES string of the molecule is CC1c2ccccc2SC(c2ccccc2OCCCCBr)(C(C)C)N1[O-]. The molecule has 0 amide bonds. The number of alkyl halides is 1. The maximum absolute atomic E-state index is 13.6. The monoisotopic (exact) mass is 448 g/mol. The molecule has 2 atom stereocenters. The van der Waals surface area contributed by atoms with Crippen molar-refractivity contribution in [3.63, 3.8) is 0 Å². The Kier molecular flexibility index (Phi) is 6.90. The molecule has 146 valence electrons. The number of nitrogens with zero attached hydrogens (tertiary/aromatic N) is 1. The lowest BCUT2D eigenvalue weighted by atomic mass is 9.91. The average Bonchev–Trinajstić information content (AvgIpc) is 2.68. The van der Waals surface area contributed by atoms with Gasteiger partial charge >= 0.3 is 0 Å². The van der Waals surface area contributed by atoms with Gasteiger partial charge in [-0.05, 0) is 43.4 Å².